The summed E-state index contributed by atoms with van der Waals surface area (Å²) in [7, 11) is 0. The second-order valence-corrected chi connectivity index (χ2v) is 8.75. The standard InChI is InChI=1S/C24H30N6O2S2/c25-31-32-34-23-12-10-20(11-13-23)29-24(33)28-16-4-1-7-17-30(18-21-8-2-5-14-26-21)19-22-9-3-6-15-27-22/h2-3,5-6,8-15H,1,4,7,16-19,25H2,(H2,28,29,33). The lowest BCUT2D eigenvalue weighted by molar-refractivity contribution is -0.195. The van der Waals surface area contributed by atoms with Gasteiger partial charge >= 0.3 is 0 Å². The third-order valence-electron chi connectivity index (χ3n) is 4.94. The van der Waals surface area contributed by atoms with E-state index in [4.69, 9.17) is 18.1 Å². The zero-order chi connectivity index (χ0) is 23.8. The van der Waals surface area contributed by atoms with Gasteiger partial charge in [0.05, 0.1) is 23.4 Å². The Morgan fingerprint density at radius 1 is 0.912 bits per heavy atom. The first-order chi connectivity index (χ1) is 16.7. The highest BCUT2D eigenvalue weighted by Crippen LogP contribution is 2.20. The zero-order valence-electron chi connectivity index (χ0n) is 18.9. The first-order valence-electron chi connectivity index (χ1n) is 11.1. The van der Waals surface area contributed by atoms with Crippen LogP contribution >= 0.6 is 24.3 Å². The molecule has 0 aliphatic rings. The van der Waals surface area contributed by atoms with Crippen molar-refractivity contribution in [1.82, 2.24) is 20.2 Å². The lowest BCUT2D eigenvalue weighted by atomic mass is 10.2. The van der Waals surface area contributed by atoms with Crippen LogP contribution in [0.2, 0.25) is 0 Å². The molecule has 0 bridgehead atoms. The SMILES string of the molecule is NOOSc1ccc(NC(=S)NCCCCCN(Cc2ccccn2)Cc2ccccn2)cc1. The summed E-state index contributed by atoms with van der Waals surface area (Å²) in [5.74, 6) is 4.84. The molecule has 1 aromatic carbocycles. The van der Waals surface area contributed by atoms with E-state index in [1.54, 1.807) is 0 Å². The van der Waals surface area contributed by atoms with Crippen molar-refractivity contribution in [2.24, 2.45) is 5.90 Å². The number of aromatic nitrogens is 2. The molecular formula is C24H30N6O2S2. The zero-order valence-corrected chi connectivity index (χ0v) is 20.6. The molecule has 10 heteroatoms. The first-order valence-corrected chi connectivity index (χ1v) is 12.2. The Labute approximate surface area is 210 Å². The second-order valence-electron chi connectivity index (χ2n) is 7.57. The molecule has 0 amide bonds. The first kappa shape index (κ1) is 26.0. The van der Waals surface area contributed by atoms with E-state index < -0.39 is 0 Å². The molecule has 0 spiro atoms. The fraction of sp³-hybridized carbons (Fsp3) is 0.292. The predicted octanol–water partition coefficient (Wildman–Crippen LogP) is 4.46. The van der Waals surface area contributed by atoms with Gasteiger partial charge in [0.1, 0.15) is 0 Å². The predicted molar refractivity (Wildman–Crippen MR) is 139 cm³/mol. The number of anilines is 1. The van der Waals surface area contributed by atoms with E-state index in [2.05, 4.69) is 47.0 Å². The Morgan fingerprint density at radius 2 is 1.59 bits per heavy atom. The van der Waals surface area contributed by atoms with E-state index in [9.17, 15) is 0 Å². The summed E-state index contributed by atoms with van der Waals surface area (Å²) in [4.78, 5) is 16.3. The summed E-state index contributed by atoms with van der Waals surface area (Å²) in [5, 5.41) is 7.05. The maximum atomic E-state index is 5.39. The minimum Gasteiger partial charge on any atom is -0.362 e. The maximum Gasteiger partial charge on any atom is 0.170 e. The molecule has 2 aromatic heterocycles. The Balaban J connectivity index is 1.34. The van der Waals surface area contributed by atoms with Crippen LogP contribution in [0.1, 0.15) is 30.7 Å². The quantitative estimate of drug-likeness (QED) is 0.0971. The van der Waals surface area contributed by atoms with Crippen LogP contribution in [0.15, 0.2) is 78.0 Å². The lowest BCUT2D eigenvalue weighted by Gasteiger charge is -2.21. The van der Waals surface area contributed by atoms with Crippen molar-refractivity contribution < 1.29 is 9.32 Å². The van der Waals surface area contributed by atoms with E-state index in [1.807, 2.05) is 60.9 Å². The van der Waals surface area contributed by atoms with Crippen LogP contribution in [0.3, 0.4) is 0 Å². The average Bonchev–Trinajstić information content (AvgIpc) is 2.87. The van der Waals surface area contributed by atoms with Crippen molar-refractivity contribution >= 4 is 35.1 Å². The van der Waals surface area contributed by atoms with E-state index in [-0.39, 0.29) is 0 Å². The van der Waals surface area contributed by atoms with Crippen molar-refractivity contribution in [2.45, 2.75) is 37.2 Å². The summed E-state index contributed by atoms with van der Waals surface area (Å²) in [6.45, 7) is 3.43. The van der Waals surface area contributed by atoms with Crippen LogP contribution in [0, 0.1) is 0 Å². The summed E-state index contributed by atoms with van der Waals surface area (Å²) in [5.41, 5.74) is 3.04. The molecule has 3 rings (SSSR count). The van der Waals surface area contributed by atoms with Gasteiger partial charge in [0.15, 0.2) is 5.11 Å². The average molecular weight is 499 g/mol. The molecule has 0 saturated carbocycles. The molecule has 0 unspecified atom stereocenters. The molecule has 3 aromatic rings. The van der Waals surface area contributed by atoms with E-state index >= 15 is 0 Å². The van der Waals surface area contributed by atoms with Gasteiger partial charge in [-0.25, -0.2) is 0 Å². The van der Waals surface area contributed by atoms with Gasteiger partial charge in [-0.15, -0.1) is 9.32 Å². The Bertz CT molecular complexity index is 923. The van der Waals surface area contributed by atoms with Crippen molar-refractivity contribution in [3.8, 4) is 0 Å². The molecule has 180 valence electrons. The number of hydrogen-bond donors (Lipinski definition) is 3. The second kappa shape index (κ2) is 15.3. The topological polar surface area (TPSA) is 97.6 Å². The fourth-order valence-corrected chi connectivity index (χ4v) is 3.91. The van der Waals surface area contributed by atoms with Crippen molar-refractivity contribution in [3.05, 3.63) is 84.4 Å². The Kier molecular flexibility index (Phi) is 11.7. The summed E-state index contributed by atoms with van der Waals surface area (Å²) in [6.07, 6.45) is 6.92. The molecule has 0 radical (unpaired) electrons. The van der Waals surface area contributed by atoms with Crippen LogP contribution in [0.25, 0.3) is 0 Å². The number of pyridine rings is 2. The molecule has 0 aliphatic heterocycles. The smallest absolute Gasteiger partial charge is 0.170 e. The normalized spacial score (nSPS) is 10.9. The van der Waals surface area contributed by atoms with Gasteiger partial charge in [-0.2, -0.15) is 5.90 Å². The molecular weight excluding hydrogens is 468 g/mol. The van der Waals surface area contributed by atoms with E-state index in [1.165, 1.54) is 0 Å². The number of unbranched alkanes of at least 4 members (excludes halogenated alkanes) is 2. The molecule has 0 atom stereocenters. The summed E-state index contributed by atoms with van der Waals surface area (Å²) < 4.78 is 4.63. The van der Waals surface area contributed by atoms with Crippen LogP contribution in [-0.4, -0.2) is 33.1 Å². The molecule has 0 saturated heterocycles. The third kappa shape index (κ3) is 10.1. The maximum absolute atomic E-state index is 5.39. The van der Waals surface area contributed by atoms with Crippen LogP contribution in [-0.2, 0) is 22.4 Å². The third-order valence-corrected chi connectivity index (χ3v) is 5.80. The van der Waals surface area contributed by atoms with Gasteiger partial charge in [-0.3, -0.25) is 14.9 Å². The number of hydrogen-bond acceptors (Lipinski definition) is 8. The van der Waals surface area contributed by atoms with E-state index in [0.717, 1.165) is 79.5 Å². The highest BCUT2D eigenvalue weighted by Gasteiger charge is 2.09. The van der Waals surface area contributed by atoms with Crippen LogP contribution in [0.4, 0.5) is 5.69 Å². The number of thiocarbonyl (C=S) groups is 1. The van der Waals surface area contributed by atoms with Gasteiger partial charge in [0.25, 0.3) is 0 Å². The number of benzene rings is 1. The van der Waals surface area contributed by atoms with Gasteiger partial charge in [0.2, 0.25) is 0 Å². The highest BCUT2D eigenvalue weighted by molar-refractivity contribution is 7.94. The Morgan fingerprint density at radius 3 is 2.18 bits per heavy atom. The minimum absolute atomic E-state index is 0.605. The molecule has 4 N–H and O–H groups in total. The minimum atomic E-state index is 0.605. The van der Waals surface area contributed by atoms with Gasteiger partial charge in [-0.05, 0) is 80.1 Å². The largest absolute Gasteiger partial charge is 0.362 e. The van der Waals surface area contributed by atoms with Gasteiger partial charge in [0, 0.05) is 42.6 Å². The van der Waals surface area contributed by atoms with Crippen LogP contribution in [0.5, 0.6) is 0 Å². The van der Waals surface area contributed by atoms with E-state index in [0.29, 0.717) is 5.11 Å². The molecule has 34 heavy (non-hydrogen) atoms. The monoisotopic (exact) mass is 498 g/mol. The van der Waals surface area contributed by atoms with Crippen LogP contribution < -0.4 is 16.5 Å². The number of rotatable bonds is 14. The summed E-state index contributed by atoms with van der Waals surface area (Å²) in [6, 6.07) is 19.7. The Hall–Kier alpha value is -2.60. The number of nitrogens with one attached hydrogen (secondary N) is 2. The molecule has 2 heterocycles. The number of nitrogens with zero attached hydrogens (tertiary/aromatic N) is 3. The fourth-order valence-electron chi connectivity index (χ4n) is 3.32. The summed E-state index contributed by atoms with van der Waals surface area (Å²) >= 11 is 6.43. The van der Waals surface area contributed by atoms with Crippen molar-refractivity contribution in [3.63, 3.8) is 0 Å². The van der Waals surface area contributed by atoms with Crippen molar-refractivity contribution in [1.29, 1.82) is 0 Å². The van der Waals surface area contributed by atoms with Crippen molar-refractivity contribution in [2.75, 3.05) is 18.4 Å². The van der Waals surface area contributed by atoms with Gasteiger partial charge in [-0.1, -0.05) is 18.6 Å². The highest BCUT2D eigenvalue weighted by atomic mass is 32.2. The lowest BCUT2D eigenvalue weighted by Crippen LogP contribution is -2.29. The molecule has 0 fully saturated rings. The molecule has 8 nitrogen and oxygen atoms in total. The van der Waals surface area contributed by atoms with Gasteiger partial charge < -0.3 is 10.6 Å². The molecule has 0 aliphatic carbocycles. The number of nitrogens with two attached hydrogens (primary N) is 1.